The molecule has 0 bridgehead atoms. The van der Waals surface area contributed by atoms with Gasteiger partial charge in [0, 0.05) is 30.2 Å². The molecule has 0 aliphatic heterocycles. The third-order valence-corrected chi connectivity index (χ3v) is 3.89. The minimum atomic E-state index is -0.325. The fraction of sp³-hybridized carbons (Fsp3) is 0.111. The zero-order chi connectivity index (χ0) is 17.6. The molecule has 128 valence electrons. The smallest absolute Gasteiger partial charge is 0.319 e. The van der Waals surface area contributed by atoms with Crippen molar-refractivity contribution in [3.8, 4) is 11.4 Å². The Morgan fingerprint density at radius 3 is 2.80 bits per heavy atom. The van der Waals surface area contributed by atoms with Crippen LogP contribution in [-0.2, 0) is 6.54 Å². The van der Waals surface area contributed by atoms with Gasteiger partial charge in [-0.25, -0.2) is 9.48 Å². The van der Waals surface area contributed by atoms with E-state index in [0.29, 0.717) is 17.3 Å². The van der Waals surface area contributed by atoms with Crippen LogP contribution in [0.15, 0.2) is 60.9 Å². The Kier molecular flexibility index (Phi) is 5.20. The van der Waals surface area contributed by atoms with E-state index < -0.39 is 0 Å². The van der Waals surface area contributed by atoms with Crippen LogP contribution in [0, 0.1) is 0 Å². The summed E-state index contributed by atoms with van der Waals surface area (Å²) in [5.74, 6) is 0.731. The molecule has 2 N–H and O–H groups in total. The number of anilines is 1. The Labute approximate surface area is 150 Å². The first-order valence-electron chi connectivity index (χ1n) is 7.63. The van der Waals surface area contributed by atoms with Crippen molar-refractivity contribution < 1.29 is 9.53 Å². The molecule has 2 amide bonds. The number of urea groups is 1. The summed E-state index contributed by atoms with van der Waals surface area (Å²) in [6.07, 6.45) is 3.47. The maximum atomic E-state index is 12.1. The summed E-state index contributed by atoms with van der Waals surface area (Å²) in [5.41, 5.74) is 2.23. The molecule has 2 aromatic carbocycles. The second-order valence-electron chi connectivity index (χ2n) is 5.24. The molecule has 0 unspecified atom stereocenters. The number of nitrogens with one attached hydrogen (secondary N) is 2. The highest BCUT2D eigenvalue weighted by Gasteiger charge is 2.08. The number of methoxy groups -OCH3 is 1. The summed E-state index contributed by atoms with van der Waals surface area (Å²) in [6.45, 7) is 0.356. The Morgan fingerprint density at radius 1 is 1.24 bits per heavy atom. The largest absolute Gasteiger partial charge is 0.496 e. The molecule has 0 aliphatic rings. The zero-order valence-electron chi connectivity index (χ0n) is 13.6. The van der Waals surface area contributed by atoms with E-state index in [0.717, 1.165) is 17.0 Å². The molecule has 25 heavy (non-hydrogen) atoms. The molecule has 0 saturated heterocycles. The molecule has 0 atom stereocenters. The number of nitrogens with zero attached hydrogens (tertiary/aromatic N) is 2. The van der Waals surface area contributed by atoms with Crippen molar-refractivity contribution in [3.63, 3.8) is 0 Å². The number of carbonyl (C=O) groups excluding carboxylic acids is 1. The van der Waals surface area contributed by atoms with Gasteiger partial charge in [0.2, 0.25) is 0 Å². The SMILES string of the molecule is COc1ccccc1CNC(=O)Nc1ccc(-n2cccn2)c(Cl)c1. The highest BCUT2D eigenvalue weighted by atomic mass is 35.5. The maximum Gasteiger partial charge on any atom is 0.319 e. The fourth-order valence-electron chi connectivity index (χ4n) is 2.38. The van der Waals surface area contributed by atoms with E-state index in [4.69, 9.17) is 16.3 Å². The third kappa shape index (κ3) is 4.10. The summed E-state index contributed by atoms with van der Waals surface area (Å²) in [5, 5.41) is 10.2. The van der Waals surface area contributed by atoms with Gasteiger partial charge in [-0.3, -0.25) is 0 Å². The number of ether oxygens (including phenoxy) is 1. The van der Waals surface area contributed by atoms with Crippen molar-refractivity contribution in [2.75, 3.05) is 12.4 Å². The lowest BCUT2D eigenvalue weighted by Gasteiger charge is -2.11. The van der Waals surface area contributed by atoms with Crippen LogP contribution in [0.4, 0.5) is 10.5 Å². The highest BCUT2D eigenvalue weighted by molar-refractivity contribution is 6.32. The molecule has 0 spiro atoms. The summed E-state index contributed by atoms with van der Waals surface area (Å²) >= 11 is 6.27. The highest BCUT2D eigenvalue weighted by Crippen LogP contribution is 2.24. The lowest BCUT2D eigenvalue weighted by molar-refractivity contribution is 0.251. The van der Waals surface area contributed by atoms with Gasteiger partial charge in [0.25, 0.3) is 0 Å². The average Bonchev–Trinajstić information content (AvgIpc) is 3.14. The van der Waals surface area contributed by atoms with Gasteiger partial charge in [-0.15, -0.1) is 0 Å². The monoisotopic (exact) mass is 356 g/mol. The molecule has 0 saturated carbocycles. The first kappa shape index (κ1) is 16.9. The van der Waals surface area contributed by atoms with Gasteiger partial charge in [0.1, 0.15) is 5.75 Å². The fourth-order valence-corrected chi connectivity index (χ4v) is 2.65. The Balaban J connectivity index is 1.62. The van der Waals surface area contributed by atoms with Crippen molar-refractivity contribution >= 4 is 23.3 Å². The number of para-hydroxylation sites is 1. The van der Waals surface area contributed by atoms with E-state index in [9.17, 15) is 4.79 Å². The zero-order valence-corrected chi connectivity index (χ0v) is 14.3. The Hall–Kier alpha value is -2.99. The molecule has 1 heterocycles. The third-order valence-electron chi connectivity index (χ3n) is 3.59. The normalized spacial score (nSPS) is 10.3. The summed E-state index contributed by atoms with van der Waals surface area (Å²) in [4.78, 5) is 12.1. The first-order chi connectivity index (χ1) is 12.2. The van der Waals surface area contributed by atoms with Crippen LogP contribution in [0.3, 0.4) is 0 Å². The number of aromatic nitrogens is 2. The Bertz CT molecular complexity index is 865. The minimum absolute atomic E-state index is 0.325. The van der Waals surface area contributed by atoms with Gasteiger partial charge in [0.15, 0.2) is 0 Å². The average molecular weight is 357 g/mol. The molecular formula is C18H17ClN4O2. The molecular weight excluding hydrogens is 340 g/mol. The summed E-state index contributed by atoms with van der Waals surface area (Å²) in [6, 6.07) is 14.3. The van der Waals surface area contributed by atoms with Gasteiger partial charge in [-0.1, -0.05) is 29.8 Å². The van der Waals surface area contributed by atoms with E-state index in [1.807, 2.05) is 30.3 Å². The van der Waals surface area contributed by atoms with Crippen LogP contribution in [0.5, 0.6) is 5.75 Å². The second kappa shape index (κ2) is 7.72. The van der Waals surface area contributed by atoms with Crippen LogP contribution >= 0.6 is 11.6 Å². The minimum Gasteiger partial charge on any atom is -0.496 e. The van der Waals surface area contributed by atoms with Gasteiger partial charge < -0.3 is 15.4 Å². The van der Waals surface area contributed by atoms with Gasteiger partial charge >= 0.3 is 6.03 Å². The number of carbonyl (C=O) groups is 1. The van der Waals surface area contributed by atoms with E-state index in [2.05, 4.69) is 15.7 Å². The van der Waals surface area contributed by atoms with E-state index in [1.165, 1.54) is 0 Å². The molecule has 1 aromatic heterocycles. The van der Waals surface area contributed by atoms with E-state index in [1.54, 1.807) is 42.4 Å². The second-order valence-corrected chi connectivity index (χ2v) is 5.64. The van der Waals surface area contributed by atoms with Crippen LogP contribution in [0.2, 0.25) is 5.02 Å². The van der Waals surface area contributed by atoms with Gasteiger partial charge in [-0.2, -0.15) is 5.10 Å². The molecule has 7 heteroatoms. The molecule has 0 aliphatic carbocycles. The van der Waals surface area contributed by atoms with Crippen LogP contribution in [0.25, 0.3) is 5.69 Å². The van der Waals surface area contributed by atoms with Crippen LogP contribution in [-0.4, -0.2) is 22.9 Å². The quantitative estimate of drug-likeness (QED) is 0.729. The molecule has 0 fully saturated rings. The maximum absolute atomic E-state index is 12.1. The van der Waals surface area contributed by atoms with Crippen molar-refractivity contribution in [1.82, 2.24) is 15.1 Å². The van der Waals surface area contributed by atoms with Crippen LogP contribution in [0.1, 0.15) is 5.56 Å². The van der Waals surface area contributed by atoms with Crippen molar-refractivity contribution in [3.05, 3.63) is 71.5 Å². The topological polar surface area (TPSA) is 68.2 Å². The predicted molar refractivity (Wildman–Crippen MR) is 97.4 cm³/mol. The molecule has 0 radical (unpaired) electrons. The van der Waals surface area contributed by atoms with E-state index >= 15 is 0 Å². The molecule has 3 rings (SSSR count). The lowest BCUT2D eigenvalue weighted by Crippen LogP contribution is -2.28. The van der Waals surface area contributed by atoms with E-state index in [-0.39, 0.29) is 6.03 Å². The standard InChI is InChI=1S/C18H17ClN4O2/c1-25-17-6-3-2-5-13(17)12-20-18(24)22-14-7-8-16(15(19)11-14)23-10-4-9-21-23/h2-11H,12H2,1H3,(H2,20,22,24). The lowest BCUT2D eigenvalue weighted by atomic mass is 10.2. The first-order valence-corrected chi connectivity index (χ1v) is 8.01. The van der Waals surface area contributed by atoms with Crippen molar-refractivity contribution in [2.24, 2.45) is 0 Å². The molecule has 3 aromatic rings. The Morgan fingerprint density at radius 2 is 2.08 bits per heavy atom. The number of halogens is 1. The number of hydrogen-bond donors (Lipinski definition) is 2. The number of amides is 2. The van der Waals surface area contributed by atoms with Crippen molar-refractivity contribution in [1.29, 1.82) is 0 Å². The predicted octanol–water partition coefficient (Wildman–Crippen LogP) is 3.86. The summed E-state index contributed by atoms with van der Waals surface area (Å²) in [7, 11) is 1.60. The van der Waals surface area contributed by atoms with Gasteiger partial charge in [-0.05, 0) is 30.3 Å². The van der Waals surface area contributed by atoms with Crippen LogP contribution < -0.4 is 15.4 Å². The van der Waals surface area contributed by atoms with Crippen molar-refractivity contribution in [2.45, 2.75) is 6.54 Å². The molecule has 6 nitrogen and oxygen atoms in total. The number of benzene rings is 2. The van der Waals surface area contributed by atoms with Gasteiger partial charge in [0.05, 0.1) is 17.8 Å². The number of rotatable bonds is 5. The number of hydrogen-bond acceptors (Lipinski definition) is 3. The summed E-state index contributed by atoms with van der Waals surface area (Å²) < 4.78 is 6.92.